The molecule has 0 spiro atoms. The van der Waals surface area contributed by atoms with Gasteiger partial charge in [-0.3, -0.25) is 0 Å². The first-order valence-electron chi connectivity index (χ1n) is 4.61. The van der Waals surface area contributed by atoms with Crippen molar-refractivity contribution in [1.29, 1.82) is 0 Å². The second kappa shape index (κ2) is 4.80. The third kappa shape index (κ3) is 1.93. The number of halogens is 1. The zero-order valence-corrected chi connectivity index (χ0v) is 10.3. The Bertz CT molecular complexity index is 335. The van der Waals surface area contributed by atoms with Gasteiger partial charge in [0.25, 0.3) is 0 Å². The summed E-state index contributed by atoms with van der Waals surface area (Å²) in [5, 5.41) is 9.14. The molecule has 0 unspecified atom stereocenters. The molecule has 14 heavy (non-hydrogen) atoms. The number of aliphatic hydroxyl groups excluding tert-OH is 1. The van der Waals surface area contributed by atoms with Crippen LogP contribution in [0, 0.1) is 6.92 Å². The molecule has 3 heteroatoms. The van der Waals surface area contributed by atoms with Gasteiger partial charge in [0.2, 0.25) is 0 Å². The van der Waals surface area contributed by atoms with Gasteiger partial charge < -0.3 is 9.84 Å². The molecule has 0 atom stereocenters. The van der Waals surface area contributed by atoms with Gasteiger partial charge in [0.05, 0.1) is 13.7 Å². The van der Waals surface area contributed by atoms with Crippen LogP contribution in [0.2, 0.25) is 0 Å². The minimum atomic E-state index is 0.0295. The summed E-state index contributed by atoms with van der Waals surface area (Å²) >= 11 is 3.48. The highest BCUT2D eigenvalue weighted by atomic mass is 79.9. The van der Waals surface area contributed by atoms with E-state index in [0.717, 1.165) is 27.8 Å². The summed E-state index contributed by atoms with van der Waals surface area (Å²) in [4.78, 5) is 0. The monoisotopic (exact) mass is 258 g/mol. The average molecular weight is 259 g/mol. The number of ether oxygens (including phenoxy) is 1. The second-order valence-corrected chi connectivity index (χ2v) is 3.96. The van der Waals surface area contributed by atoms with Gasteiger partial charge in [-0.05, 0) is 36.1 Å². The molecule has 0 saturated carbocycles. The molecule has 0 aromatic heterocycles. The van der Waals surface area contributed by atoms with Crippen LogP contribution in [0.15, 0.2) is 10.5 Å². The molecule has 78 valence electrons. The summed E-state index contributed by atoms with van der Waals surface area (Å²) in [6.45, 7) is 4.16. The van der Waals surface area contributed by atoms with Gasteiger partial charge in [-0.25, -0.2) is 0 Å². The third-order valence-corrected chi connectivity index (χ3v) is 3.51. The van der Waals surface area contributed by atoms with Crippen LogP contribution in [0.5, 0.6) is 5.75 Å². The number of hydrogen-bond acceptors (Lipinski definition) is 2. The van der Waals surface area contributed by atoms with Crippen molar-refractivity contribution in [3.8, 4) is 5.75 Å². The Morgan fingerprint density at radius 3 is 2.57 bits per heavy atom. The van der Waals surface area contributed by atoms with Crippen molar-refractivity contribution in [3.63, 3.8) is 0 Å². The van der Waals surface area contributed by atoms with E-state index >= 15 is 0 Å². The van der Waals surface area contributed by atoms with Crippen LogP contribution in [0.25, 0.3) is 0 Å². The predicted molar refractivity (Wildman–Crippen MR) is 60.7 cm³/mol. The lowest BCUT2D eigenvalue weighted by Gasteiger charge is -2.14. The van der Waals surface area contributed by atoms with Crippen LogP contribution in [0.3, 0.4) is 0 Å². The normalized spacial score (nSPS) is 10.4. The SMILES string of the molecule is CCc1c(OC)cc(CO)c(Br)c1C. The smallest absolute Gasteiger partial charge is 0.122 e. The van der Waals surface area contributed by atoms with Gasteiger partial charge in [0.1, 0.15) is 5.75 Å². The summed E-state index contributed by atoms with van der Waals surface area (Å²) in [7, 11) is 1.66. The molecule has 0 aliphatic carbocycles. The number of benzene rings is 1. The van der Waals surface area contributed by atoms with E-state index in [4.69, 9.17) is 9.84 Å². The fourth-order valence-corrected chi connectivity index (χ4v) is 2.08. The Morgan fingerprint density at radius 1 is 1.50 bits per heavy atom. The van der Waals surface area contributed by atoms with Gasteiger partial charge in [-0.1, -0.05) is 22.9 Å². The molecular weight excluding hydrogens is 244 g/mol. The Kier molecular flexibility index (Phi) is 3.96. The van der Waals surface area contributed by atoms with E-state index in [9.17, 15) is 0 Å². The fourth-order valence-electron chi connectivity index (χ4n) is 1.60. The lowest BCUT2D eigenvalue weighted by Crippen LogP contribution is -1.98. The van der Waals surface area contributed by atoms with E-state index in [0.29, 0.717) is 0 Å². The van der Waals surface area contributed by atoms with Crippen LogP contribution in [0.4, 0.5) is 0 Å². The summed E-state index contributed by atoms with van der Waals surface area (Å²) in [5.41, 5.74) is 3.21. The molecule has 0 heterocycles. The first-order valence-corrected chi connectivity index (χ1v) is 5.40. The fraction of sp³-hybridized carbons (Fsp3) is 0.455. The highest BCUT2D eigenvalue weighted by molar-refractivity contribution is 9.10. The van der Waals surface area contributed by atoms with E-state index < -0.39 is 0 Å². The standard InChI is InChI=1S/C11H15BrO2/c1-4-9-7(2)11(12)8(6-13)5-10(9)14-3/h5,13H,4,6H2,1-3H3. The molecule has 0 radical (unpaired) electrons. The Labute approximate surface area is 93.0 Å². The van der Waals surface area contributed by atoms with Crippen LogP contribution < -0.4 is 4.74 Å². The molecule has 1 rings (SSSR count). The molecule has 1 aromatic carbocycles. The largest absolute Gasteiger partial charge is 0.496 e. The van der Waals surface area contributed by atoms with E-state index in [2.05, 4.69) is 22.9 Å². The summed E-state index contributed by atoms with van der Waals surface area (Å²) in [6, 6.07) is 1.88. The zero-order valence-electron chi connectivity index (χ0n) is 8.72. The molecule has 0 bridgehead atoms. The summed E-state index contributed by atoms with van der Waals surface area (Å²) < 4.78 is 6.27. The lowest BCUT2D eigenvalue weighted by molar-refractivity contribution is 0.280. The van der Waals surface area contributed by atoms with Gasteiger partial charge in [0, 0.05) is 4.47 Å². The third-order valence-electron chi connectivity index (χ3n) is 2.41. The number of methoxy groups -OCH3 is 1. The van der Waals surface area contributed by atoms with Crippen molar-refractivity contribution in [2.45, 2.75) is 26.9 Å². The number of hydrogen-bond donors (Lipinski definition) is 1. The quantitative estimate of drug-likeness (QED) is 0.904. The Balaban J connectivity index is 3.38. The first-order chi connectivity index (χ1) is 6.65. The van der Waals surface area contributed by atoms with Crippen LogP contribution in [0.1, 0.15) is 23.6 Å². The van der Waals surface area contributed by atoms with Crippen molar-refractivity contribution in [2.24, 2.45) is 0 Å². The maximum absolute atomic E-state index is 9.14. The highest BCUT2D eigenvalue weighted by Gasteiger charge is 2.11. The van der Waals surface area contributed by atoms with Crippen molar-refractivity contribution in [1.82, 2.24) is 0 Å². The molecule has 1 aromatic rings. The van der Waals surface area contributed by atoms with Crippen molar-refractivity contribution in [3.05, 3.63) is 27.2 Å². The van der Waals surface area contributed by atoms with E-state index in [-0.39, 0.29) is 6.61 Å². The lowest BCUT2D eigenvalue weighted by atomic mass is 10.0. The van der Waals surface area contributed by atoms with Gasteiger partial charge in [0.15, 0.2) is 0 Å². The second-order valence-electron chi connectivity index (χ2n) is 3.17. The maximum Gasteiger partial charge on any atom is 0.122 e. The topological polar surface area (TPSA) is 29.5 Å². The Hall–Kier alpha value is -0.540. The predicted octanol–water partition coefficient (Wildman–Crippen LogP) is 2.82. The summed E-state index contributed by atoms with van der Waals surface area (Å²) in [5.74, 6) is 0.859. The molecule has 1 N–H and O–H groups in total. The minimum absolute atomic E-state index is 0.0295. The van der Waals surface area contributed by atoms with Crippen molar-refractivity contribution in [2.75, 3.05) is 7.11 Å². The van der Waals surface area contributed by atoms with Crippen molar-refractivity contribution >= 4 is 15.9 Å². The van der Waals surface area contributed by atoms with Gasteiger partial charge in [-0.15, -0.1) is 0 Å². The number of aliphatic hydroxyl groups is 1. The van der Waals surface area contributed by atoms with E-state index in [1.807, 2.05) is 13.0 Å². The van der Waals surface area contributed by atoms with Crippen molar-refractivity contribution < 1.29 is 9.84 Å². The van der Waals surface area contributed by atoms with E-state index in [1.165, 1.54) is 5.56 Å². The van der Waals surface area contributed by atoms with Crippen LogP contribution >= 0.6 is 15.9 Å². The molecule has 0 saturated heterocycles. The highest BCUT2D eigenvalue weighted by Crippen LogP contribution is 2.32. The molecule has 0 fully saturated rings. The minimum Gasteiger partial charge on any atom is -0.496 e. The maximum atomic E-state index is 9.14. The first kappa shape index (κ1) is 11.5. The van der Waals surface area contributed by atoms with Crippen LogP contribution in [-0.2, 0) is 13.0 Å². The zero-order chi connectivity index (χ0) is 10.7. The Morgan fingerprint density at radius 2 is 2.14 bits per heavy atom. The molecular formula is C11H15BrO2. The molecule has 2 nitrogen and oxygen atoms in total. The number of rotatable bonds is 3. The average Bonchev–Trinajstić information content (AvgIpc) is 2.21. The molecule has 0 aliphatic rings. The van der Waals surface area contributed by atoms with Crippen LogP contribution in [-0.4, -0.2) is 12.2 Å². The molecule has 0 aliphatic heterocycles. The summed E-state index contributed by atoms with van der Waals surface area (Å²) in [6.07, 6.45) is 0.930. The van der Waals surface area contributed by atoms with Gasteiger partial charge in [-0.2, -0.15) is 0 Å². The molecule has 0 amide bonds. The van der Waals surface area contributed by atoms with Gasteiger partial charge >= 0.3 is 0 Å². The van der Waals surface area contributed by atoms with E-state index in [1.54, 1.807) is 7.11 Å².